The predicted octanol–water partition coefficient (Wildman–Crippen LogP) is -1.58. The number of hydrogen-bond donors (Lipinski definition) is 18. The molecule has 18 N–H and O–H groups in total. The second kappa shape index (κ2) is 28.2. The van der Waals surface area contributed by atoms with Crippen LogP contribution in [0.3, 0.4) is 0 Å². The van der Waals surface area contributed by atoms with Crippen LogP contribution >= 0.6 is 86.9 Å². The lowest BCUT2D eigenvalue weighted by Gasteiger charge is -2.14. The van der Waals surface area contributed by atoms with Gasteiger partial charge in [-0.25, -0.2) is 74.8 Å². The van der Waals surface area contributed by atoms with E-state index in [1.54, 1.807) is 0 Å². The van der Waals surface area contributed by atoms with E-state index in [0.29, 0.717) is 12.3 Å². The van der Waals surface area contributed by atoms with Gasteiger partial charge in [-0.15, -0.1) is 0 Å². The van der Waals surface area contributed by atoms with Gasteiger partial charge in [0.15, 0.2) is 31.2 Å². The molecule has 21 nitrogen and oxygen atoms in total. The molecule has 0 saturated carbocycles. The van der Waals surface area contributed by atoms with Crippen molar-refractivity contribution in [1.82, 2.24) is 97.0 Å². The molecule has 0 amide bonds. The minimum atomic E-state index is -4.35. The lowest BCUT2D eigenvalue weighted by Crippen LogP contribution is -2.46. The first-order chi connectivity index (χ1) is 25.3. The molecule has 12 unspecified atom stereocenters. The first kappa shape index (κ1) is 52.7. The number of ether oxygens (including phenoxy) is 2. The second-order valence-electron chi connectivity index (χ2n) is 10.2. The molecule has 0 aromatic heterocycles. The number of rotatable bonds is 5. The maximum atomic E-state index is 11.9. The minimum Gasteiger partial charge on any atom is -0.333 e. The van der Waals surface area contributed by atoms with Crippen LogP contribution in [0.1, 0.15) is 13.8 Å². The van der Waals surface area contributed by atoms with Crippen LogP contribution in [-0.4, -0.2) is 101 Å². The van der Waals surface area contributed by atoms with Crippen molar-refractivity contribution < 1.29 is 40.2 Å². The van der Waals surface area contributed by atoms with Crippen LogP contribution < -0.4 is 97.0 Å². The van der Waals surface area contributed by atoms with Gasteiger partial charge in [0, 0.05) is 0 Å². The quantitative estimate of drug-likeness (QED) is 0.0843. The normalized spacial score (nSPS) is 35.8. The zero-order valence-electron chi connectivity index (χ0n) is 27.7. The van der Waals surface area contributed by atoms with E-state index < -0.39 is 49.0 Å². The molecule has 0 spiro atoms. The number of nitrogens with one attached hydrogen (secondary N) is 18. The maximum absolute atomic E-state index is 11.9. The summed E-state index contributed by atoms with van der Waals surface area (Å²) in [6.45, 7) is 3.72. The van der Waals surface area contributed by atoms with Gasteiger partial charge in [0.2, 0.25) is 0 Å². The lowest BCUT2D eigenvalue weighted by atomic mass is 10.5. The summed E-state index contributed by atoms with van der Waals surface area (Å²) in [5.41, 5.74) is 31.0. The summed E-state index contributed by atoms with van der Waals surface area (Å²) in [7, 11) is 0. The van der Waals surface area contributed by atoms with Crippen molar-refractivity contribution in [2.75, 3.05) is 18.8 Å². The van der Waals surface area contributed by atoms with E-state index in [-0.39, 0.29) is 39.9 Å². The molecule has 6 saturated heterocycles. The molecule has 0 aromatic carbocycles. The molecule has 6 aliphatic heterocycles. The second-order valence-corrected chi connectivity index (χ2v) is 14.3. The molecule has 6 heterocycles. The Kier molecular flexibility index (Phi) is 27.5. The molecule has 12 atom stereocenters. The van der Waals surface area contributed by atoms with Crippen molar-refractivity contribution >= 4 is 86.9 Å². The molecule has 0 radical (unpaired) electrons. The number of alkyl halides is 13. The molecule has 0 bridgehead atoms. The van der Waals surface area contributed by atoms with Gasteiger partial charge in [0.1, 0.15) is 45.3 Å². The van der Waals surface area contributed by atoms with E-state index in [1.807, 2.05) is 16.9 Å². The van der Waals surface area contributed by atoms with Crippen molar-refractivity contribution in [3.05, 3.63) is 0 Å². The number of hydrazine groups is 6. The van der Waals surface area contributed by atoms with Crippen LogP contribution in [0.4, 0.5) is 30.7 Å². The van der Waals surface area contributed by atoms with E-state index in [0.717, 1.165) is 0 Å². The number of halogens is 13. The van der Waals surface area contributed by atoms with Gasteiger partial charge in [0.05, 0.1) is 18.4 Å². The van der Waals surface area contributed by atoms with Gasteiger partial charge in [-0.05, 0) is 13.8 Å². The average molecular weight is 1100 g/mol. The van der Waals surface area contributed by atoms with E-state index >= 15 is 0 Å². The van der Waals surface area contributed by atoms with Crippen molar-refractivity contribution in [2.45, 2.75) is 96.2 Å². The Morgan fingerprint density at radius 2 is 0.981 bits per heavy atom. The van der Waals surface area contributed by atoms with Crippen molar-refractivity contribution in [1.29, 1.82) is 5.26 Å². The summed E-state index contributed by atoms with van der Waals surface area (Å²) in [4.78, 5) is 0. The summed E-state index contributed by atoms with van der Waals surface area (Å²) < 4.78 is 92.2. The Hall–Kier alpha value is 0.700. The first-order valence-corrected chi connectivity index (χ1v) is 19.7. The molecule has 6 rings (SSSR count). The maximum Gasteiger partial charge on any atom is 0.418 e. The van der Waals surface area contributed by atoms with Gasteiger partial charge in [0.25, 0.3) is 0 Å². The van der Waals surface area contributed by atoms with Crippen molar-refractivity contribution in [3.63, 3.8) is 0 Å². The Labute approximate surface area is 348 Å². The molecule has 0 aromatic rings. The molecule has 6 aliphatic rings. The summed E-state index contributed by atoms with van der Waals surface area (Å²) in [6.07, 6.45) is -13.2. The highest BCUT2D eigenvalue weighted by Gasteiger charge is 2.44. The SMILES string of the molecule is BrC1NNC(Br)N1.CC1NNC(C)N1.FC(F)(F)C1NNC(Br)N1.FC(F)(F)C1NNC(OCCl)N1.FCC1NNC(Br)N1.N#CC1NNC(OCCl)N1. The summed E-state index contributed by atoms with van der Waals surface area (Å²) in [5, 5.41) is 24.2. The van der Waals surface area contributed by atoms with Crippen LogP contribution in [0.15, 0.2) is 0 Å². The topological polar surface area (TPSA) is 259 Å². The number of hydrogen-bond acceptors (Lipinski definition) is 21. The van der Waals surface area contributed by atoms with Gasteiger partial charge < -0.3 is 9.47 Å². The van der Waals surface area contributed by atoms with Gasteiger partial charge >= 0.3 is 12.4 Å². The monoisotopic (exact) mass is 1100 g/mol. The predicted molar refractivity (Wildman–Crippen MR) is 196 cm³/mol. The molecule has 34 heteroatoms. The molecule has 6 fully saturated rings. The van der Waals surface area contributed by atoms with E-state index in [4.69, 9.17) is 33.2 Å². The Morgan fingerprint density at radius 3 is 1.26 bits per heavy atom. The van der Waals surface area contributed by atoms with Crippen LogP contribution in [-0.2, 0) is 9.47 Å². The summed E-state index contributed by atoms with van der Waals surface area (Å²) in [5.74, 6) is 0. The molecular weight excluding hydrogens is 1060 g/mol. The van der Waals surface area contributed by atoms with Crippen LogP contribution in [0, 0.1) is 11.3 Å². The summed E-state index contributed by atoms with van der Waals surface area (Å²) in [6, 6.07) is 1.85. The van der Waals surface area contributed by atoms with Crippen LogP contribution in [0.2, 0.25) is 0 Å². The largest absolute Gasteiger partial charge is 0.418 e. The molecule has 54 heavy (non-hydrogen) atoms. The first-order valence-electron chi connectivity index (χ1n) is 14.9. The lowest BCUT2D eigenvalue weighted by molar-refractivity contribution is -0.160. The van der Waals surface area contributed by atoms with Gasteiger partial charge in [-0.3, -0.25) is 26.6 Å². The molecule has 0 aliphatic carbocycles. The Bertz CT molecular complexity index is 1010. The highest BCUT2D eigenvalue weighted by molar-refractivity contribution is 9.10. The van der Waals surface area contributed by atoms with Gasteiger partial charge in [-0.1, -0.05) is 86.9 Å². The Morgan fingerprint density at radius 1 is 0.556 bits per heavy atom. The van der Waals surface area contributed by atoms with Crippen LogP contribution in [0.5, 0.6) is 0 Å². The number of nitrogens with zero attached hydrogens (tertiary/aromatic N) is 1. The standard InChI is InChI=1S/C4H7ClF3N3O.C4H7ClN4O.C4H11N3.C3H5BrF3N3.C3H7BrFN3.C2H5Br2N3/c5-1-12-3-9-2(10-11-3)4(6,7)8;5-2-10-4-7-3(1-6)8-9-4;1-3-5-4(2)7-6-3;4-2-8-1(9-10-2)3(5,6)7;4-3-6-2(1-5)7-8-3;3-1-5-2(4)7-6-1/h2-3,9-11H,1H2;3-4,7-9H,2H2;3-7H,1-2H3;1-2,8-10H;2-3,6-8H,1H2;1-2,5-7H. The third-order valence-electron chi connectivity index (χ3n) is 5.80. The fourth-order valence-corrected chi connectivity index (χ4v) is 5.73. The smallest absolute Gasteiger partial charge is 0.333 e. The van der Waals surface area contributed by atoms with E-state index in [2.05, 4.69) is 168 Å². The van der Waals surface area contributed by atoms with Crippen LogP contribution in [0.25, 0.3) is 0 Å². The fraction of sp³-hybridized carbons (Fsp3) is 0.950. The Balaban J connectivity index is 0.000000327. The van der Waals surface area contributed by atoms with Crippen molar-refractivity contribution in [2.24, 2.45) is 0 Å². The van der Waals surface area contributed by atoms with E-state index in [9.17, 15) is 30.7 Å². The molecular formula is C20H42Br4Cl2F7N19O2. The average Bonchev–Trinajstić information content (AvgIpc) is 3.95. The zero-order valence-corrected chi connectivity index (χ0v) is 35.6. The third-order valence-corrected chi connectivity index (χ3v) is 8.02. The number of nitriles is 1. The van der Waals surface area contributed by atoms with Gasteiger partial charge in [-0.2, -0.15) is 31.6 Å². The molecule has 320 valence electrons. The minimum absolute atomic E-state index is 0.0109. The fourth-order valence-electron chi connectivity index (χ4n) is 3.48. The third kappa shape index (κ3) is 23.9. The zero-order chi connectivity index (χ0) is 40.9. The van der Waals surface area contributed by atoms with Crippen molar-refractivity contribution in [3.8, 4) is 6.07 Å². The highest BCUT2D eigenvalue weighted by atomic mass is 79.9. The van der Waals surface area contributed by atoms with E-state index in [1.165, 1.54) is 0 Å². The summed E-state index contributed by atoms with van der Waals surface area (Å²) >= 11 is 23.0. The highest BCUT2D eigenvalue weighted by Crippen LogP contribution is 2.21.